The van der Waals surface area contributed by atoms with Crippen molar-refractivity contribution in [2.45, 2.75) is 38.8 Å². The maximum atomic E-state index is 12.3. The van der Waals surface area contributed by atoms with Gasteiger partial charge in [0.25, 0.3) is 0 Å². The van der Waals surface area contributed by atoms with Gasteiger partial charge >= 0.3 is 11.9 Å². The number of carboxylic acid groups (broad SMARTS) is 2. The van der Waals surface area contributed by atoms with Gasteiger partial charge in [-0.3, -0.25) is 19.7 Å². The number of aliphatic carboxylic acids is 2. The Labute approximate surface area is 166 Å². The average Bonchev–Trinajstić information content (AvgIpc) is 3.09. The number of anilines is 1. The van der Waals surface area contributed by atoms with Gasteiger partial charge in [0.2, 0.25) is 5.91 Å². The summed E-state index contributed by atoms with van der Waals surface area (Å²) in [6, 6.07) is 7.09. The number of benzene rings is 1. The Morgan fingerprint density at radius 3 is 2.29 bits per heavy atom. The summed E-state index contributed by atoms with van der Waals surface area (Å²) in [7, 11) is 0. The van der Waals surface area contributed by atoms with E-state index in [1.807, 2.05) is 44.2 Å². The van der Waals surface area contributed by atoms with E-state index in [4.69, 9.17) is 0 Å². The third-order valence-electron chi connectivity index (χ3n) is 3.92. The summed E-state index contributed by atoms with van der Waals surface area (Å²) in [6.45, 7) is 3.68. The molecule has 2 atom stereocenters. The van der Waals surface area contributed by atoms with Gasteiger partial charge in [0.1, 0.15) is 12.1 Å². The zero-order valence-corrected chi connectivity index (χ0v) is 16.4. The Morgan fingerprint density at radius 2 is 1.71 bits per heavy atom. The number of hydrogen-bond donors (Lipinski definition) is 4. The van der Waals surface area contributed by atoms with Crippen LogP contribution < -0.4 is 10.6 Å². The molecule has 2 aromatic rings. The van der Waals surface area contributed by atoms with E-state index in [9.17, 15) is 24.6 Å². The molecular weight excluding hydrogens is 382 g/mol. The van der Waals surface area contributed by atoms with Crippen LogP contribution in [-0.4, -0.2) is 45.1 Å². The average molecular weight is 405 g/mol. The third kappa shape index (κ3) is 6.43. The number of carbonyl (C=O) groups excluding carboxylic acids is 1. The minimum absolute atomic E-state index is 0.0589. The quantitative estimate of drug-likeness (QED) is 0.478. The molecule has 0 bridgehead atoms. The zero-order valence-electron chi connectivity index (χ0n) is 15.6. The number of nitrogens with zero attached hydrogens (tertiary/aromatic N) is 1. The second-order valence-electron chi connectivity index (χ2n) is 6.73. The van der Waals surface area contributed by atoms with Crippen LogP contribution in [-0.2, 0) is 14.4 Å². The minimum Gasteiger partial charge on any atom is -0.480 e. The lowest BCUT2D eigenvalue weighted by Gasteiger charge is -2.21. The molecule has 0 aliphatic rings. The summed E-state index contributed by atoms with van der Waals surface area (Å²) >= 11 is 1.23. The smallest absolute Gasteiger partial charge is 0.321 e. The van der Waals surface area contributed by atoms with Crippen LogP contribution in [0.4, 0.5) is 5.13 Å². The summed E-state index contributed by atoms with van der Waals surface area (Å²) in [5, 5.41) is 25.9. The number of thiazole rings is 1. The highest BCUT2D eigenvalue weighted by atomic mass is 32.1. The Kier molecular flexibility index (Phi) is 7.65. The van der Waals surface area contributed by atoms with Gasteiger partial charge in [0.05, 0.1) is 12.1 Å². The highest BCUT2D eigenvalue weighted by Gasteiger charge is 2.28. The summed E-state index contributed by atoms with van der Waals surface area (Å²) in [4.78, 5) is 39.4. The normalized spacial score (nSPS) is 13.1. The van der Waals surface area contributed by atoms with Gasteiger partial charge in [-0.05, 0) is 12.3 Å². The lowest BCUT2D eigenvalue weighted by molar-refractivity contribution is -0.144. The summed E-state index contributed by atoms with van der Waals surface area (Å²) in [6.07, 6.45) is -0.148. The van der Waals surface area contributed by atoms with E-state index in [1.54, 1.807) is 5.38 Å². The van der Waals surface area contributed by atoms with Gasteiger partial charge in [-0.2, -0.15) is 0 Å². The van der Waals surface area contributed by atoms with Gasteiger partial charge in [0.15, 0.2) is 5.13 Å². The number of carboxylic acids is 2. The fourth-order valence-electron chi connectivity index (χ4n) is 2.60. The van der Waals surface area contributed by atoms with E-state index in [0.717, 1.165) is 5.56 Å². The fraction of sp³-hybridized carbons (Fsp3) is 0.368. The molecule has 4 N–H and O–H groups in total. The largest absolute Gasteiger partial charge is 0.480 e. The maximum absolute atomic E-state index is 12.3. The van der Waals surface area contributed by atoms with Gasteiger partial charge in [-0.25, -0.2) is 4.98 Å². The lowest BCUT2D eigenvalue weighted by Crippen LogP contribution is -2.49. The maximum Gasteiger partial charge on any atom is 0.321 e. The number of carbonyl (C=O) groups is 3. The first kappa shape index (κ1) is 21.5. The molecule has 150 valence electrons. The first-order valence-corrected chi connectivity index (χ1v) is 9.66. The standard InChI is InChI=1S/C19H23N3O5S/c1-11(2)8-13(17(24)25)20-14(18(26)27)9-16(23)22-19-21-15(10-28-19)12-6-4-3-5-7-12/h3-7,10-11,13-14,20H,8-9H2,1-2H3,(H,24,25)(H,26,27)(H,21,22,23)/t13-,14-/m0/s1. The van der Waals surface area contributed by atoms with E-state index in [-0.39, 0.29) is 12.3 Å². The molecule has 0 fully saturated rings. The van der Waals surface area contributed by atoms with Crippen LogP contribution in [0.1, 0.15) is 26.7 Å². The number of aromatic nitrogens is 1. The van der Waals surface area contributed by atoms with E-state index < -0.39 is 36.4 Å². The van der Waals surface area contributed by atoms with Crippen molar-refractivity contribution in [1.29, 1.82) is 0 Å². The van der Waals surface area contributed by atoms with Crippen molar-refractivity contribution in [2.75, 3.05) is 5.32 Å². The molecule has 0 spiro atoms. The van der Waals surface area contributed by atoms with Crippen LogP contribution in [0.2, 0.25) is 0 Å². The second-order valence-corrected chi connectivity index (χ2v) is 7.59. The van der Waals surface area contributed by atoms with Crippen LogP contribution in [0, 0.1) is 5.92 Å². The van der Waals surface area contributed by atoms with E-state index in [2.05, 4.69) is 15.6 Å². The first-order chi connectivity index (χ1) is 13.3. The Balaban J connectivity index is 2.00. The summed E-state index contributed by atoms with van der Waals surface area (Å²) in [5.74, 6) is -2.92. The Hall–Kier alpha value is -2.78. The molecule has 28 heavy (non-hydrogen) atoms. The molecule has 0 aliphatic heterocycles. The predicted octanol–water partition coefficient (Wildman–Crippen LogP) is 2.68. The number of nitrogens with one attached hydrogen (secondary N) is 2. The van der Waals surface area contributed by atoms with Crippen LogP contribution >= 0.6 is 11.3 Å². The van der Waals surface area contributed by atoms with Crippen LogP contribution in [0.3, 0.4) is 0 Å². The molecular formula is C19H23N3O5S. The molecule has 2 rings (SSSR count). The topological polar surface area (TPSA) is 129 Å². The zero-order chi connectivity index (χ0) is 20.7. The molecule has 0 aliphatic carbocycles. The lowest BCUT2D eigenvalue weighted by atomic mass is 10.0. The minimum atomic E-state index is -1.31. The predicted molar refractivity (Wildman–Crippen MR) is 106 cm³/mol. The highest BCUT2D eigenvalue weighted by molar-refractivity contribution is 7.14. The number of hydrogen-bond acceptors (Lipinski definition) is 6. The number of rotatable bonds is 10. The van der Waals surface area contributed by atoms with E-state index in [0.29, 0.717) is 10.8 Å². The van der Waals surface area contributed by atoms with Crippen molar-refractivity contribution < 1.29 is 24.6 Å². The molecule has 0 radical (unpaired) electrons. The van der Waals surface area contributed by atoms with Crippen molar-refractivity contribution in [3.8, 4) is 11.3 Å². The second kappa shape index (κ2) is 9.95. The third-order valence-corrected chi connectivity index (χ3v) is 4.67. The fourth-order valence-corrected chi connectivity index (χ4v) is 3.34. The molecule has 1 aromatic carbocycles. The van der Waals surface area contributed by atoms with Crippen molar-refractivity contribution in [2.24, 2.45) is 5.92 Å². The first-order valence-electron chi connectivity index (χ1n) is 8.78. The molecule has 1 aromatic heterocycles. The number of amides is 1. The summed E-state index contributed by atoms with van der Waals surface area (Å²) in [5.41, 5.74) is 1.61. The molecule has 0 unspecified atom stereocenters. The van der Waals surface area contributed by atoms with E-state index >= 15 is 0 Å². The SMILES string of the molecule is CC(C)C[C@H](N[C@@H](CC(=O)Nc1nc(-c2ccccc2)cs1)C(=O)O)C(=O)O. The van der Waals surface area contributed by atoms with Crippen molar-refractivity contribution in [1.82, 2.24) is 10.3 Å². The van der Waals surface area contributed by atoms with Gasteiger partial charge in [-0.15, -0.1) is 11.3 Å². The van der Waals surface area contributed by atoms with E-state index in [1.165, 1.54) is 11.3 Å². The monoisotopic (exact) mass is 405 g/mol. The summed E-state index contributed by atoms with van der Waals surface area (Å²) < 4.78 is 0. The van der Waals surface area contributed by atoms with Crippen molar-refractivity contribution >= 4 is 34.3 Å². The van der Waals surface area contributed by atoms with Crippen LogP contribution in [0.25, 0.3) is 11.3 Å². The molecule has 0 saturated carbocycles. The molecule has 0 saturated heterocycles. The van der Waals surface area contributed by atoms with Crippen molar-refractivity contribution in [3.63, 3.8) is 0 Å². The molecule has 1 amide bonds. The van der Waals surface area contributed by atoms with Gasteiger partial charge < -0.3 is 15.5 Å². The van der Waals surface area contributed by atoms with Crippen LogP contribution in [0.15, 0.2) is 35.7 Å². The highest BCUT2D eigenvalue weighted by Crippen LogP contribution is 2.24. The molecule has 9 heteroatoms. The Morgan fingerprint density at radius 1 is 1.07 bits per heavy atom. The van der Waals surface area contributed by atoms with Crippen LogP contribution in [0.5, 0.6) is 0 Å². The molecule has 1 heterocycles. The Bertz CT molecular complexity index is 822. The van der Waals surface area contributed by atoms with Gasteiger partial charge in [-0.1, -0.05) is 44.2 Å². The van der Waals surface area contributed by atoms with Crippen molar-refractivity contribution in [3.05, 3.63) is 35.7 Å². The van der Waals surface area contributed by atoms with Gasteiger partial charge in [0, 0.05) is 10.9 Å². The molecule has 8 nitrogen and oxygen atoms in total.